The predicted octanol–water partition coefficient (Wildman–Crippen LogP) is 3.14. The van der Waals surface area contributed by atoms with Crippen LogP contribution >= 0.6 is 0 Å². The minimum Gasteiger partial charge on any atom is -0.478 e. The van der Waals surface area contributed by atoms with E-state index < -0.39 is 6.10 Å². The van der Waals surface area contributed by atoms with Crippen molar-refractivity contribution in [1.29, 1.82) is 0 Å². The van der Waals surface area contributed by atoms with Gasteiger partial charge in [-0.1, -0.05) is 26.0 Å². The summed E-state index contributed by atoms with van der Waals surface area (Å²) >= 11 is 0. The van der Waals surface area contributed by atoms with Crippen LogP contribution in [0.1, 0.15) is 38.2 Å². The van der Waals surface area contributed by atoms with Crippen molar-refractivity contribution in [3.63, 3.8) is 0 Å². The van der Waals surface area contributed by atoms with Crippen LogP contribution < -0.4 is 4.74 Å². The van der Waals surface area contributed by atoms with Crippen LogP contribution in [0.2, 0.25) is 0 Å². The fourth-order valence-electron chi connectivity index (χ4n) is 1.93. The molecule has 0 saturated heterocycles. The zero-order valence-corrected chi connectivity index (χ0v) is 11.2. The van der Waals surface area contributed by atoms with E-state index in [0.29, 0.717) is 11.8 Å². The number of ether oxygens (including phenoxy) is 2. The van der Waals surface area contributed by atoms with Crippen LogP contribution in [0.15, 0.2) is 24.3 Å². The van der Waals surface area contributed by atoms with E-state index in [1.54, 1.807) is 0 Å². The van der Waals surface area contributed by atoms with Crippen LogP contribution in [0, 0.1) is 5.92 Å². The lowest BCUT2D eigenvalue weighted by atomic mass is 10.0. The van der Waals surface area contributed by atoms with Crippen LogP contribution in [-0.2, 0) is 9.53 Å². The third-order valence-electron chi connectivity index (χ3n) is 3.29. The van der Waals surface area contributed by atoms with Crippen LogP contribution in [-0.4, -0.2) is 19.2 Å². The first kappa shape index (κ1) is 12.9. The van der Waals surface area contributed by atoms with Gasteiger partial charge in [0.1, 0.15) is 5.75 Å². The molecule has 1 atom stereocenters. The van der Waals surface area contributed by atoms with Crippen LogP contribution in [0.25, 0.3) is 0 Å². The summed E-state index contributed by atoms with van der Waals surface area (Å²) in [6.07, 6.45) is 1.65. The van der Waals surface area contributed by atoms with Crippen molar-refractivity contribution < 1.29 is 14.3 Å². The van der Waals surface area contributed by atoms with E-state index in [9.17, 15) is 4.79 Å². The number of carbonyl (C=O) groups is 1. The van der Waals surface area contributed by atoms with E-state index in [1.807, 2.05) is 24.3 Å². The second-order valence-electron chi connectivity index (χ2n) is 5.12. The van der Waals surface area contributed by atoms with E-state index in [0.717, 1.165) is 18.6 Å². The van der Waals surface area contributed by atoms with Gasteiger partial charge < -0.3 is 9.47 Å². The van der Waals surface area contributed by atoms with Gasteiger partial charge in [-0.05, 0) is 36.5 Å². The number of methoxy groups -OCH3 is 1. The number of carbonyl (C=O) groups excluding carboxylic acids is 1. The highest BCUT2D eigenvalue weighted by Crippen LogP contribution is 2.35. The van der Waals surface area contributed by atoms with Gasteiger partial charge in [-0.15, -0.1) is 0 Å². The average Bonchev–Trinajstić information content (AvgIpc) is 3.20. The maximum atomic E-state index is 11.6. The molecule has 0 spiro atoms. The maximum Gasteiger partial charge on any atom is 0.347 e. The molecule has 0 aliphatic heterocycles. The molecule has 0 N–H and O–H groups in total. The van der Waals surface area contributed by atoms with Gasteiger partial charge in [0.15, 0.2) is 6.10 Å². The summed E-state index contributed by atoms with van der Waals surface area (Å²) < 4.78 is 10.5. The largest absolute Gasteiger partial charge is 0.478 e. The standard InChI is InChI=1S/C15H20O3/c1-10(2)11-6-8-13(9-7-11)18-14(12-4-5-12)15(16)17-3/h6-10,12,14H,4-5H2,1-3H3. The lowest BCUT2D eigenvalue weighted by Gasteiger charge is -2.16. The first-order valence-corrected chi connectivity index (χ1v) is 6.46. The quantitative estimate of drug-likeness (QED) is 0.751. The molecule has 1 fully saturated rings. The molecular formula is C15H20O3. The number of hydrogen-bond donors (Lipinski definition) is 0. The Bertz CT molecular complexity index is 404. The Balaban J connectivity index is 2.04. The summed E-state index contributed by atoms with van der Waals surface area (Å²) in [5, 5.41) is 0. The topological polar surface area (TPSA) is 35.5 Å². The molecule has 1 saturated carbocycles. The van der Waals surface area contributed by atoms with Crippen LogP contribution in [0.3, 0.4) is 0 Å². The highest BCUT2D eigenvalue weighted by Gasteiger charge is 2.38. The molecule has 3 heteroatoms. The number of rotatable bonds is 5. The van der Waals surface area contributed by atoms with Crippen LogP contribution in [0.4, 0.5) is 0 Å². The number of benzene rings is 1. The first-order valence-electron chi connectivity index (χ1n) is 6.46. The number of esters is 1. The molecular weight excluding hydrogens is 228 g/mol. The Hall–Kier alpha value is -1.51. The van der Waals surface area contributed by atoms with Gasteiger partial charge >= 0.3 is 5.97 Å². The van der Waals surface area contributed by atoms with Crippen LogP contribution in [0.5, 0.6) is 5.75 Å². The number of hydrogen-bond acceptors (Lipinski definition) is 3. The smallest absolute Gasteiger partial charge is 0.347 e. The molecule has 0 aromatic heterocycles. The minimum absolute atomic E-state index is 0.273. The predicted molar refractivity (Wildman–Crippen MR) is 69.7 cm³/mol. The molecule has 98 valence electrons. The highest BCUT2D eigenvalue weighted by atomic mass is 16.6. The van der Waals surface area contributed by atoms with E-state index >= 15 is 0 Å². The molecule has 0 radical (unpaired) electrons. The van der Waals surface area contributed by atoms with Crippen molar-refractivity contribution in [3.8, 4) is 5.75 Å². The first-order chi connectivity index (χ1) is 8.61. The van der Waals surface area contributed by atoms with Crippen molar-refractivity contribution >= 4 is 5.97 Å². The Labute approximate surface area is 108 Å². The summed E-state index contributed by atoms with van der Waals surface area (Å²) in [5.74, 6) is 1.29. The Kier molecular flexibility index (Phi) is 3.90. The second kappa shape index (κ2) is 5.42. The van der Waals surface area contributed by atoms with Crippen molar-refractivity contribution in [1.82, 2.24) is 0 Å². The second-order valence-corrected chi connectivity index (χ2v) is 5.12. The van der Waals surface area contributed by atoms with Crippen molar-refractivity contribution in [2.45, 2.75) is 38.7 Å². The summed E-state index contributed by atoms with van der Waals surface area (Å²) in [6.45, 7) is 4.30. The zero-order chi connectivity index (χ0) is 13.1. The Morgan fingerprint density at radius 1 is 1.22 bits per heavy atom. The molecule has 18 heavy (non-hydrogen) atoms. The molecule has 0 heterocycles. The molecule has 1 aromatic rings. The van der Waals surface area contributed by atoms with Gasteiger partial charge in [-0.3, -0.25) is 0 Å². The van der Waals surface area contributed by atoms with Gasteiger partial charge in [0.25, 0.3) is 0 Å². The third kappa shape index (κ3) is 3.03. The van der Waals surface area contributed by atoms with Crippen molar-refractivity contribution in [2.24, 2.45) is 5.92 Å². The van der Waals surface area contributed by atoms with E-state index in [4.69, 9.17) is 9.47 Å². The summed E-state index contributed by atoms with van der Waals surface area (Å²) in [4.78, 5) is 11.6. The van der Waals surface area contributed by atoms with Crippen molar-refractivity contribution in [2.75, 3.05) is 7.11 Å². The molecule has 1 aliphatic rings. The Morgan fingerprint density at radius 3 is 2.28 bits per heavy atom. The molecule has 1 unspecified atom stereocenters. The van der Waals surface area contributed by atoms with Gasteiger partial charge in [0.05, 0.1) is 7.11 Å². The molecule has 0 amide bonds. The van der Waals surface area contributed by atoms with Gasteiger partial charge in [-0.2, -0.15) is 0 Å². The zero-order valence-electron chi connectivity index (χ0n) is 11.2. The SMILES string of the molecule is COC(=O)C(Oc1ccc(C(C)C)cc1)C1CC1. The lowest BCUT2D eigenvalue weighted by molar-refractivity contribution is -0.149. The maximum absolute atomic E-state index is 11.6. The normalized spacial score (nSPS) is 16.4. The monoisotopic (exact) mass is 248 g/mol. The average molecular weight is 248 g/mol. The minimum atomic E-state index is -0.445. The fraction of sp³-hybridized carbons (Fsp3) is 0.533. The van der Waals surface area contributed by atoms with Gasteiger partial charge in [0.2, 0.25) is 0 Å². The Morgan fingerprint density at radius 2 is 1.83 bits per heavy atom. The summed E-state index contributed by atoms with van der Waals surface area (Å²) in [5.41, 5.74) is 1.27. The van der Waals surface area contributed by atoms with E-state index in [-0.39, 0.29) is 5.97 Å². The van der Waals surface area contributed by atoms with Crippen molar-refractivity contribution in [3.05, 3.63) is 29.8 Å². The summed E-state index contributed by atoms with van der Waals surface area (Å²) in [6, 6.07) is 7.93. The molecule has 3 nitrogen and oxygen atoms in total. The summed E-state index contributed by atoms with van der Waals surface area (Å²) in [7, 11) is 1.41. The fourth-order valence-corrected chi connectivity index (χ4v) is 1.93. The highest BCUT2D eigenvalue weighted by molar-refractivity contribution is 5.75. The van der Waals surface area contributed by atoms with E-state index in [1.165, 1.54) is 12.7 Å². The van der Waals surface area contributed by atoms with Gasteiger partial charge in [0, 0.05) is 5.92 Å². The third-order valence-corrected chi connectivity index (χ3v) is 3.29. The van der Waals surface area contributed by atoms with Gasteiger partial charge in [-0.25, -0.2) is 4.79 Å². The lowest BCUT2D eigenvalue weighted by Crippen LogP contribution is -2.30. The van der Waals surface area contributed by atoms with E-state index in [2.05, 4.69) is 13.8 Å². The molecule has 1 aliphatic carbocycles. The molecule has 0 bridgehead atoms. The molecule has 2 rings (SSSR count). The molecule has 1 aromatic carbocycles.